The van der Waals surface area contributed by atoms with Gasteiger partial charge in [-0.3, -0.25) is 4.79 Å². The van der Waals surface area contributed by atoms with E-state index >= 15 is 0 Å². The van der Waals surface area contributed by atoms with Crippen molar-refractivity contribution in [3.05, 3.63) is 101 Å². The summed E-state index contributed by atoms with van der Waals surface area (Å²) in [4.78, 5) is 15.1. The molecule has 4 aromatic rings. The van der Waals surface area contributed by atoms with E-state index in [9.17, 15) is 9.18 Å². The van der Waals surface area contributed by atoms with Gasteiger partial charge < -0.3 is 14.1 Å². The van der Waals surface area contributed by atoms with Crippen LogP contribution in [-0.2, 0) is 0 Å². The SMILES string of the molecule is CN(C)CCC(Oc1ccc2c(=O)c(-c3ccc(F)cc3)coc2c1)c1ccccc1. The number of ether oxygens (including phenoxy) is 1. The molecule has 5 heteroatoms. The predicted octanol–water partition coefficient (Wildman–Crippen LogP) is 5.67. The summed E-state index contributed by atoms with van der Waals surface area (Å²) >= 11 is 0. The lowest BCUT2D eigenvalue weighted by Gasteiger charge is -2.21. The monoisotopic (exact) mass is 417 g/mol. The summed E-state index contributed by atoms with van der Waals surface area (Å²) in [6.45, 7) is 0.878. The fourth-order valence-corrected chi connectivity index (χ4v) is 3.51. The van der Waals surface area contributed by atoms with Gasteiger partial charge in [0.05, 0.1) is 10.9 Å². The second-order valence-electron chi connectivity index (χ2n) is 7.75. The molecule has 3 aromatic carbocycles. The number of hydrogen-bond donors (Lipinski definition) is 0. The number of hydrogen-bond acceptors (Lipinski definition) is 4. The lowest BCUT2D eigenvalue weighted by atomic mass is 10.1. The molecule has 0 saturated heterocycles. The van der Waals surface area contributed by atoms with Gasteiger partial charge in [-0.1, -0.05) is 42.5 Å². The highest BCUT2D eigenvalue weighted by Crippen LogP contribution is 2.28. The van der Waals surface area contributed by atoms with Crippen LogP contribution in [0.15, 0.2) is 88.3 Å². The molecule has 0 N–H and O–H groups in total. The average molecular weight is 417 g/mol. The Bertz CT molecular complexity index is 1220. The summed E-state index contributed by atoms with van der Waals surface area (Å²) in [5.74, 6) is 0.288. The molecular weight excluding hydrogens is 393 g/mol. The van der Waals surface area contributed by atoms with Crippen molar-refractivity contribution in [3.8, 4) is 16.9 Å². The van der Waals surface area contributed by atoms with Crippen LogP contribution in [0.25, 0.3) is 22.1 Å². The molecule has 1 aromatic heterocycles. The van der Waals surface area contributed by atoms with Gasteiger partial charge in [0.25, 0.3) is 0 Å². The number of fused-ring (bicyclic) bond motifs is 1. The van der Waals surface area contributed by atoms with E-state index in [0.717, 1.165) is 18.5 Å². The van der Waals surface area contributed by atoms with Crippen LogP contribution in [-0.4, -0.2) is 25.5 Å². The maximum absolute atomic E-state index is 13.2. The second-order valence-corrected chi connectivity index (χ2v) is 7.75. The standard InChI is InChI=1S/C26H24FNO3/c1-28(2)15-14-24(19-6-4-3-5-7-19)31-21-12-13-22-25(16-21)30-17-23(26(22)29)18-8-10-20(27)11-9-18/h3-13,16-17,24H,14-15H2,1-2H3. The van der Waals surface area contributed by atoms with Gasteiger partial charge in [-0.15, -0.1) is 0 Å². The van der Waals surface area contributed by atoms with Crippen LogP contribution in [0.3, 0.4) is 0 Å². The van der Waals surface area contributed by atoms with E-state index in [1.54, 1.807) is 30.3 Å². The number of rotatable bonds is 7. The van der Waals surface area contributed by atoms with E-state index in [4.69, 9.17) is 9.15 Å². The highest BCUT2D eigenvalue weighted by molar-refractivity contribution is 5.82. The van der Waals surface area contributed by atoms with Crippen LogP contribution >= 0.6 is 0 Å². The maximum atomic E-state index is 13.2. The molecule has 0 aliphatic carbocycles. The van der Waals surface area contributed by atoms with Crippen molar-refractivity contribution < 1.29 is 13.5 Å². The van der Waals surface area contributed by atoms with Gasteiger partial charge in [-0.2, -0.15) is 0 Å². The van der Waals surface area contributed by atoms with E-state index < -0.39 is 0 Å². The van der Waals surface area contributed by atoms with Crippen LogP contribution in [0.2, 0.25) is 0 Å². The maximum Gasteiger partial charge on any atom is 0.200 e. The lowest BCUT2D eigenvalue weighted by molar-refractivity contribution is 0.179. The minimum atomic E-state index is -0.349. The molecule has 0 aliphatic heterocycles. The largest absolute Gasteiger partial charge is 0.486 e. The van der Waals surface area contributed by atoms with Gasteiger partial charge in [0, 0.05) is 19.0 Å². The molecule has 0 radical (unpaired) electrons. The zero-order chi connectivity index (χ0) is 21.8. The van der Waals surface area contributed by atoms with Crippen molar-refractivity contribution in [2.24, 2.45) is 0 Å². The predicted molar refractivity (Wildman–Crippen MR) is 121 cm³/mol. The summed E-state index contributed by atoms with van der Waals surface area (Å²) < 4.78 is 25.3. The Morgan fingerprint density at radius 1 is 1.00 bits per heavy atom. The lowest BCUT2D eigenvalue weighted by Crippen LogP contribution is -2.18. The third kappa shape index (κ3) is 4.84. The van der Waals surface area contributed by atoms with Crippen molar-refractivity contribution in [1.82, 2.24) is 4.90 Å². The Morgan fingerprint density at radius 3 is 2.45 bits per heavy atom. The molecule has 0 amide bonds. The normalized spacial score (nSPS) is 12.3. The second kappa shape index (κ2) is 9.14. The summed E-state index contributed by atoms with van der Waals surface area (Å²) in [5, 5.41) is 0.457. The van der Waals surface area contributed by atoms with Crippen LogP contribution < -0.4 is 10.2 Å². The Kier molecular flexibility index (Phi) is 6.14. The summed E-state index contributed by atoms with van der Waals surface area (Å²) in [5.41, 5.74) is 2.40. The van der Waals surface area contributed by atoms with E-state index in [2.05, 4.69) is 17.0 Å². The Labute approximate surface area is 180 Å². The molecule has 0 aliphatic rings. The minimum Gasteiger partial charge on any atom is -0.486 e. The Morgan fingerprint density at radius 2 is 1.74 bits per heavy atom. The van der Waals surface area contributed by atoms with Crippen molar-refractivity contribution in [3.63, 3.8) is 0 Å². The molecule has 0 saturated carbocycles. The topological polar surface area (TPSA) is 42.7 Å². The van der Waals surface area contributed by atoms with Crippen molar-refractivity contribution in [2.75, 3.05) is 20.6 Å². The fraction of sp³-hybridized carbons (Fsp3) is 0.192. The third-order valence-corrected chi connectivity index (χ3v) is 5.19. The average Bonchev–Trinajstić information content (AvgIpc) is 2.78. The highest BCUT2D eigenvalue weighted by atomic mass is 19.1. The van der Waals surface area contributed by atoms with Crippen molar-refractivity contribution >= 4 is 11.0 Å². The van der Waals surface area contributed by atoms with Gasteiger partial charge in [0.15, 0.2) is 5.43 Å². The number of halogens is 1. The quantitative estimate of drug-likeness (QED) is 0.389. The minimum absolute atomic E-state index is 0.119. The molecule has 0 fully saturated rings. The molecular formula is C26H24FNO3. The zero-order valence-corrected chi connectivity index (χ0v) is 17.5. The van der Waals surface area contributed by atoms with Crippen molar-refractivity contribution in [1.29, 1.82) is 0 Å². The summed E-state index contributed by atoms with van der Waals surface area (Å²) in [7, 11) is 4.07. The molecule has 158 valence electrons. The smallest absolute Gasteiger partial charge is 0.200 e. The first-order valence-electron chi connectivity index (χ1n) is 10.2. The van der Waals surface area contributed by atoms with Crippen LogP contribution in [0.5, 0.6) is 5.75 Å². The molecule has 1 heterocycles. The van der Waals surface area contributed by atoms with Gasteiger partial charge in [-0.25, -0.2) is 4.39 Å². The Balaban J connectivity index is 1.64. The fourth-order valence-electron chi connectivity index (χ4n) is 3.51. The molecule has 0 bridgehead atoms. The number of benzene rings is 3. The molecule has 4 rings (SSSR count). The third-order valence-electron chi connectivity index (χ3n) is 5.19. The van der Waals surface area contributed by atoms with Crippen LogP contribution in [0, 0.1) is 5.82 Å². The summed E-state index contributed by atoms with van der Waals surface area (Å²) in [6, 6.07) is 21.1. The molecule has 1 unspecified atom stereocenters. The number of nitrogens with zero attached hydrogens (tertiary/aromatic N) is 1. The molecule has 0 spiro atoms. The van der Waals surface area contributed by atoms with Gasteiger partial charge in [0.2, 0.25) is 0 Å². The zero-order valence-electron chi connectivity index (χ0n) is 17.5. The summed E-state index contributed by atoms with van der Waals surface area (Å²) in [6.07, 6.45) is 2.12. The van der Waals surface area contributed by atoms with Crippen LogP contribution in [0.4, 0.5) is 4.39 Å². The van der Waals surface area contributed by atoms with Crippen LogP contribution in [0.1, 0.15) is 18.1 Å². The van der Waals surface area contributed by atoms with E-state index in [-0.39, 0.29) is 17.3 Å². The van der Waals surface area contributed by atoms with E-state index in [1.165, 1.54) is 18.4 Å². The first-order valence-corrected chi connectivity index (χ1v) is 10.2. The highest BCUT2D eigenvalue weighted by Gasteiger charge is 2.16. The Hall–Kier alpha value is -3.44. The molecule has 31 heavy (non-hydrogen) atoms. The van der Waals surface area contributed by atoms with Gasteiger partial charge >= 0.3 is 0 Å². The van der Waals surface area contributed by atoms with E-state index in [1.807, 2.05) is 32.3 Å². The van der Waals surface area contributed by atoms with Gasteiger partial charge in [-0.05, 0) is 49.5 Å². The van der Waals surface area contributed by atoms with Crippen molar-refractivity contribution in [2.45, 2.75) is 12.5 Å². The van der Waals surface area contributed by atoms with E-state index in [0.29, 0.717) is 27.8 Å². The molecule has 4 nitrogen and oxygen atoms in total. The van der Waals surface area contributed by atoms with Gasteiger partial charge in [0.1, 0.15) is 29.5 Å². The molecule has 1 atom stereocenters. The first-order chi connectivity index (χ1) is 15.0. The first kappa shape index (κ1) is 20.8.